The number of aliphatic carboxylic acids is 1. The maximum absolute atomic E-state index is 12.4. The second kappa shape index (κ2) is 9.97. The van der Waals surface area contributed by atoms with Crippen molar-refractivity contribution in [2.75, 3.05) is 12.0 Å². The fraction of sp³-hybridized carbons (Fsp3) is 0.471. The highest BCUT2D eigenvalue weighted by Gasteiger charge is 2.28. The van der Waals surface area contributed by atoms with Crippen LogP contribution in [0.4, 0.5) is 0 Å². The monoisotopic (exact) mass is 352 g/mol. The molecule has 0 saturated carbocycles. The van der Waals surface area contributed by atoms with Crippen molar-refractivity contribution in [3.05, 3.63) is 35.9 Å². The van der Waals surface area contributed by atoms with Gasteiger partial charge in [0.2, 0.25) is 5.91 Å². The van der Waals surface area contributed by atoms with Crippen LogP contribution in [-0.2, 0) is 9.59 Å². The van der Waals surface area contributed by atoms with Gasteiger partial charge in [0.1, 0.15) is 12.1 Å². The first-order chi connectivity index (χ1) is 11.4. The number of hydrogen-bond donors (Lipinski definition) is 3. The minimum absolute atomic E-state index is 0.173. The molecule has 0 aliphatic rings. The van der Waals surface area contributed by atoms with E-state index < -0.39 is 24.0 Å². The molecule has 0 heterocycles. The van der Waals surface area contributed by atoms with Crippen molar-refractivity contribution in [2.45, 2.75) is 32.4 Å². The summed E-state index contributed by atoms with van der Waals surface area (Å²) in [4.78, 5) is 35.9. The molecule has 1 aromatic rings. The highest BCUT2D eigenvalue weighted by atomic mass is 32.2. The summed E-state index contributed by atoms with van der Waals surface area (Å²) >= 11 is 1.51. The number of amides is 2. The molecule has 1 aromatic carbocycles. The van der Waals surface area contributed by atoms with Gasteiger partial charge in [-0.2, -0.15) is 11.8 Å². The van der Waals surface area contributed by atoms with Crippen LogP contribution < -0.4 is 10.6 Å². The summed E-state index contributed by atoms with van der Waals surface area (Å²) in [6.45, 7) is 3.60. The predicted molar refractivity (Wildman–Crippen MR) is 95.1 cm³/mol. The third kappa shape index (κ3) is 6.23. The largest absolute Gasteiger partial charge is 0.480 e. The smallest absolute Gasteiger partial charge is 0.326 e. The Morgan fingerprint density at radius 3 is 2.25 bits per heavy atom. The van der Waals surface area contributed by atoms with Crippen molar-refractivity contribution in [3.8, 4) is 0 Å². The number of thioether (sulfide) groups is 1. The van der Waals surface area contributed by atoms with Crippen LogP contribution in [0.25, 0.3) is 0 Å². The van der Waals surface area contributed by atoms with Crippen molar-refractivity contribution in [1.29, 1.82) is 0 Å². The molecule has 0 unspecified atom stereocenters. The summed E-state index contributed by atoms with van der Waals surface area (Å²) < 4.78 is 0. The van der Waals surface area contributed by atoms with Crippen molar-refractivity contribution in [2.24, 2.45) is 5.92 Å². The Kier molecular flexibility index (Phi) is 8.32. The van der Waals surface area contributed by atoms with E-state index in [1.165, 1.54) is 11.8 Å². The Hall–Kier alpha value is -2.02. The number of carbonyl (C=O) groups excluding carboxylic acids is 2. The molecule has 0 aliphatic heterocycles. The number of rotatable bonds is 9. The van der Waals surface area contributed by atoms with Crippen LogP contribution >= 0.6 is 11.8 Å². The van der Waals surface area contributed by atoms with E-state index in [-0.39, 0.29) is 11.8 Å². The van der Waals surface area contributed by atoms with E-state index in [0.29, 0.717) is 17.7 Å². The average Bonchev–Trinajstić information content (AvgIpc) is 2.56. The first kappa shape index (κ1) is 20.0. The Balaban J connectivity index is 2.77. The van der Waals surface area contributed by atoms with Crippen molar-refractivity contribution in [3.63, 3.8) is 0 Å². The van der Waals surface area contributed by atoms with Crippen LogP contribution in [0, 0.1) is 5.92 Å². The Bertz CT molecular complexity index is 563. The summed E-state index contributed by atoms with van der Waals surface area (Å²) in [5, 5.41) is 14.4. The maximum atomic E-state index is 12.4. The maximum Gasteiger partial charge on any atom is 0.326 e. The van der Waals surface area contributed by atoms with Gasteiger partial charge in [-0.25, -0.2) is 4.79 Å². The molecule has 0 bridgehead atoms. The molecule has 0 saturated heterocycles. The predicted octanol–water partition coefficient (Wildman–Crippen LogP) is 1.76. The summed E-state index contributed by atoms with van der Waals surface area (Å²) in [5.74, 6) is -1.47. The number of hydrogen-bond acceptors (Lipinski definition) is 4. The lowest BCUT2D eigenvalue weighted by atomic mass is 10.0. The van der Waals surface area contributed by atoms with E-state index in [0.717, 1.165) is 0 Å². The fourth-order valence-electron chi connectivity index (χ4n) is 2.10. The zero-order chi connectivity index (χ0) is 18.1. The first-order valence-electron chi connectivity index (χ1n) is 7.74. The first-order valence-corrected chi connectivity index (χ1v) is 9.14. The number of carbonyl (C=O) groups is 3. The van der Waals surface area contributed by atoms with Gasteiger partial charge in [-0.15, -0.1) is 0 Å². The Labute approximate surface area is 146 Å². The standard InChI is InChI=1S/C17H24N2O4S/c1-11(2)14(19-15(20)12-7-5-4-6-8-12)16(21)18-13(17(22)23)9-10-24-3/h4-8,11,13-14H,9-10H2,1-3H3,(H,18,21)(H,19,20)(H,22,23)/t13-,14-/m0/s1. The Morgan fingerprint density at radius 2 is 1.75 bits per heavy atom. The molecule has 2 amide bonds. The summed E-state index contributed by atoms with van der Waals surface area (Å²) in [6, 6.07) is 6.83. The van der Waals surface area contributed by atoms with Gasteiger partial charge in [-0.05, 0) is 36.5 Å². The van der Waals surface area contributed by atoms with Gasteiger partial charge < -0.3 is 15.7 Å². The number of nitrogens with one attached hydrogen (secondary N) is 2. The number of benzene rings is 1. The molecule has 0 aliphatic carbocycles. The van der Waals surface area contributed by atoms with Crippen LogP contribution in [0.5, 0.6) is 0 Å². The van der Waals surface area contributed by atoms with Crippen molar-refractivity contribution < 1.29 is 19.5 Å². The molecular formula is C17H24N2O4S. The van der Waals surface area contributed by atoms with Gasteiger partial charge in [-0.1, -0.05) is 32.0 Å². The Morgan fingerprint density at radius 1 is 1.12 bits per heavy atom. The molecule has 0 fully saturated rings. The van der Waals surface area contributed by atoms with Crippen LogP contribution in [0.1, 0.15) is 30.6 Å². The van der Waals surface area contributed by atoms with E-state index in [2.05, 4.69) is 10.6 Å². The molecule has 3 N–H and O–H groups in total. The van der Waals surface area contributed by atoms with E-state index in [9.17, 15) is 19.5 Å². The third-order valence-electron chi connectivity index (χ3n) is 3.50. The van der Waals surface area contributed by atoms with E-state index in [1.807, 2.05) is 6.26 Å². The SMILES string of the molecule is CSCC[C@H](NC(=O)[C@@H](NC(=O)c1ccccc1)C(C)C)C(=O)O. The van der Waals surface area contributed by atoms with Gasteiger partial charge in [0.25, 0.3) is 5.91 Å². The van der Waals surface area contributed by atoms with E-state index in [1.54, 1.807) is 44.2 Å². The number of carboxylic acids is 1. The third-order valence-corrected chi connectivity index (χ3v) is 4.14. The zero-order valence-electron chi connectivity index (χ0n) is 14.1. The lowest BCUT2D eigenvalue weighted by Gasteiger charge is -2.24. The van der Waals surface area contributed by atoms with Crippen molar-refractivity contribution in [1.82, 2.24) is 10.6 Å². The van der Waals surface area contributed by atoms with E-state index >= 15 is 0 Å². The molecular weight excluding hydrogens is 328 g/mol. The molecule has 7 heteroatoms. The minimum atomic E-state index is -1.07. The molecule has 132 valence electrons. The van der Waals surface area contributed by atoms with Gasteiger partial charge in [0.05, 0.1) is 0 Å². The van der Waals surface area contributed by atoms with Crippen molar-refractivity contribution >= 4 is 29.5 Å². The fourth-order valence-corrected chi connectivity index (χ4v) is 2.58. The van der Waals surface area contributed by atoms with Crippen LogP contribution in [0.15, 0.2) is 30.3 Å². The summed E-state index contributed by atoms with van der Waals surface area (Å²) in [5.41, 5.74) is 0.452. The highest BCUT2D eigenvalue weighted by molar-refractivity contribution is 7.98. The lowest BCUT2D eigenvalue weighted by Crippen LogP contribution is -2.53. The molecule has 6 nitrogen and oxygen atoms in total. The molecule has 1 rings (SSSR count). The normalized spacial score (nSPS) is 13.2. The molecule has 0 spiro atoms. The van der Waals surface area contributed by atoms with Crippen LogP contribution in [0.3, 0.4) is 0 Å². The summed E-state index contributed by atoms with van der Waals surface area (Å²) in [7, 11) is 0. The lowest BCUT2D eigenvalue weighted by molar-refractivity contribution is -0.142. The molecule has 0 aromatic heterocycles. The molecule has 24 heavy (non-hydrogen) atoms. The van der Waals surface area contributed by atoms with Gasteiger partial charge in [-0.3, -0.25) is 9.59 Å². The zero-order valence-corrected chi connectivity index (χ0v) is 14.9. The van der Waals surface area contributed by atoms with Gasteiger partial charge in [0.15, 0.2) is 0 Å². The average molecular weight is 352 g/mol. The van der Waals surface area contributed by atoms with Gasteiger partial charge >= 0.3 is 5.97 Å². The van der Waals surface area contributed by atoms with E-state index in [4.69, 9.17) is 0 Å². The molecule has 2 atom stereocenters. The molecule has 0 radical (unpaired) electrons. The summed E-state index contributed by atoms with van der Waals surface area (Å²) in [6.07, 6.45) is 2.21. The topological polar surface area (TPSA) is 95.5 Å². The minimum Gasteiger partial charge on any atom is -0.480 e. The quantitative estimate of drug-likeness (QED) is 0.629. The van der Waals surface area contributed by atoms with Crippen LogP contribution in [-0.4, -0.2) is 47.0 Å². The van der Waals surface area contributed by atoms with Gasteiger partial charge in [0, 0.05) is 5.56 Å². The highest BCUT2D eigenvalue weighted by Crippen LogP contribution is 2.07. The number of carboxylic acid groups (broad SMARTS) is 1. The van der Waals surface area contributed by atoms with Crippen LogP contribution in [0.2, 0.25) is 0 Å². The second-order valence-corrected chi connectivity index (χ2v) is 6.73. The second-order valence-electron chi connectivity index (χ2n) is 5.74.